The van der Waals surface area contributed by atoms with E-state index in [9.17, 15) is 9.59 Å². The molecule has 2 rings (SSSR count). The molecule has 0 saturated carbocycles. The van der Waals surface area contributed by atoms with Crippen molar-refractivity contribution >= 4 is 11.8 Å². The van der Waals surface area contributed by atoms with Crippen LogP contribution in [0.15, 0.2) is 30.3 Å². The third-order valence-electron chi connectivity index (χ3n) is 3.51. The van der Waals surface area contributed by atoms with Crippen LogP contribution >= 0.6 is 0 Å². The van der Waals surface area contributed by atoms with Gasteiger partial charge >= 0.3 is 0 Å². The molecule has 1 fully saturated rings. The van der Waals surface area contributed by atoms with Crippen LogP contribution in [-0.4, -0.2) is 35.8 Å². The maximum Gasteiger partial charge on any atom is 0.240 e. The van der Waals surface area contributed by atoms with E-state index in [-0.39, 0.29) is 24.3 Å². The monoisotopic (exact) mass is 275 g/mol. The summed E-state index contributed by atoms with van der Waals surface area (Å²) in [5.41, 5.74) is 6.25. The van der Waals surface area contributed by atoms with Crippen LogP contribution in [0.2, 0.25) is 0 Å². The number of nitrogens with one attached hydrogen (secondary N) is 1. The molecule has 1 atom stereocenters. The third-order valence-corrected chi connectivity index (χ3v) is 3.51. The molecular formula is C15H21N3O2. The van der Waals surface area contributed by atoms with E-state index >= 15 is 0 Å². The molecule has 1 aromatic rings. The van der Waals surface area contributed by atoms with Gasteiger partial charge in [-0.15, -0.1) is 0 Å². The quantitative estimate of drug-likeness (QED) is 0.800. The molecule has 5 heteroatoms. The average molecular weight is 275 g/mol. The van der Waals surface area contributed by atoms with Gasteiger partial charge in [0.25, 0.3) is 0 Å². The highest BCUT2D eigenvalue weighted by atomic mass is 16.2. The first-order valence-corrected chi connectivity index (χ1v) is 7.01. The van der Waals surface area contributed by atoms with Gasteiger partial charge in [-0.2, -0.15) is 0 Å². The second-order valence-corrected chi connectivity index (χ2v) is 5.11. The highest BCUT2D eigenvalue weighted by Crippen LogP contribution is 2.12. The Labute approximate surface area is 119 Å². The molecule has 0 aliphatic carbocycles. The molecule has 1 aromatic carbocycles. The first-order valence-electron chi connectivity index (χ1n) is 7.01. The fraction of sp³-hybridized carbons (Fsp3) is 0.467. The number of rotatable bonds is 6. The van der Waals surface area contributed by atoms with Gasteiger partial charge in [-0.05, 0) is 24.9 Å². The Morgan fingerprint density at radius 3 is 2.65 bits per heavy atom. The lowest BCUT2D eigenvalue weighted by molar-refractivity contribution is -0.134. The second-order valence-electron chi connectivity index (χ2n) is 5.11. The Morgan fingerprint density at radius 2 is 2.05 bits per heavy atom. The van der Waals surface area contributed by atoms with Crippen LogP contribution in [-0.2, 0) is 16.1 Å². The molecule has 20 heavy (non-hydrogen) atoms. The fourth-order valence-corrected chi connectivity index (χ4v) is 2.43. The molecule has 108 valence electrons. The van der Waals surface area contributed by atoms with Crippen molar-refractivity contribution in [1.82, 2.24) is 10.2 Å². The number of hydrogen-bond donors (Lipinski definition) is 2. The average Bonchev–Trinajstić information content (AvgIpc) is 2.97. The molecule has 1 heterocycles. The van der Waals surface area contributed by atoms with Gasteiger partial charge in [-0.25, -0.2) is 0 Å². The lowest BCUT2D eigenvalue weighted by Crippen LogP contribution is -2.44. The van der Waals surface area contributed by atoms with Gasteiger partial charge < -0.3 is 16.0 Å². The van der Waals surface area contributed by atoms with E-state index in [1.165, 1.54) is 0 Å². The van der Waals surface area contributed by atoms with Crippen LogP contribution in [0.5, 0.6) is 0 Å². The molecule has 3 N–H and O–H groups in total. The maximum atomic E-state index is 12.5. The molecule has 0 spiro atoms. The molecule has 0 aromatic heterocycles. The fourth-order valence-electron chi connectivity index (χ4n) is 2.43. The summed E-state index contributed by atoms with van der Waals surface area (Å²) in [6, 6.07) is 9.67. The molecule has 0 radical (unpaired) electrons. The van der Waals surface area contributed by atoms with E-state index in [2.05, 4.69) is 5.32 Å². The van der Waals surface area contributed by atoms with E-state index < -0.39 is 0 Å². The van der Waals surface area contributed by atoms with Crippen molar-refractivity contribution in [3.8, 4) is 0 Å². The summed E-state index contributed by atoms with van der Waals surface area (Å²) in [6.07, 6.45) is 2.08. The number of carbonyl (C=O) groups excluding carboxylic acids is 2. The molecule has 1 aliphatic heterocycles. The Balaban J connectivity index is 2.03. The summed E-state index contributed by atoms with van der Waals surface area (Å²) in [5, 5.41) is 3.20. The SMILES string of the molecule is NC(=O)CCN(Cc1ccccc1)C(=O)[C@@H]1CCCN1. The Bertz CT molecular complexity index is 455. The van der Waals surface area contributed by atoms with Crippen LogP contribution in [0.4, 0.5) is 0 Å². The number of nitrogens with two attached hydrogens (primary N) is 1. The molecular weight excluding hydrogens is 254 g/mol. The van der Waals surface area contributed by atoms with E-state index in [1.54, 1.807) is 4.90 Å². The van der Waals surface area contributed by atoms with Gasteiger partial charge in [0.05, 0.1) is 6.04 Å². The topological polar surface area (TPSA) is 75.4 Å². The van der Waals surface area contributed by atoms with Crippen molar-refractivity contribution in [2.24, 2.45) is 5.73 Å². The zero-order chi connectivity index (χ0) is 14.4. The van der Waals surface area contributed by atoms with Crippen molar-refractivity contribution in [3.63, 3.8) is 0 Å². The number of benzene rings is 1. The lowest BCUT2D eigenvalue weighted by Gasteiger charge is -2.25. The summed E-state index contributed by atoms with van der Waals surface area (Å²) < 4.78 is 0. The Kier molecular flexibility index (Phi) is 5.12. The number of amides is 2. The van der Waals surface area contributed by atoms with Gasteiger partial charge in [0.1, 0.15) is 0 Å². The minimum absolute atomic E-state index is 0.0626. The Morgan fingerprint density at radius 1 is 1.30 bits per heavy atom. The highest BCUT2D eigenvalue weighted by molar-refractivity contribution is 5.83. The van der Waals surface area contributed by atoms with Crippen molar-refractivity contribution in [1.29, 1.82) is 0 Å². The number of carbonyl (C=O) groups is 2. The predicted octanol–water partition coefficient (Wildman–Crippen LogP) is 0.643. The predicted molar refractivity (Wildman–Crippen MR) is 76.7 cm³/mol. The first kappa shape index (κ1) is 14.5. The number of primary amides is 1. The van der Waals surface area contributed by atoms with Crippen molar-refractivity contribution in [2.75, 3.05) is 13.1 Å². The molecule has 1 saturated heterocycles. The van der Waals surface area contributed by atoms with Gasteiger partial charge in [-0.3, -0.25) is 9.59 Å². The summed E-state index contributed by atoms with van der Waals surface area (Å²) in [4.78, 5) is 25.2. The largest absolute Gasteiger partial charge is 0.370 e. The van der Waals surface area contributed by atoms with Gasteiger partial charge in [0, 0.05) is 19.5 Å². The summed E-state index contributed by atoms with van der Waals surface area (Å²) in [5.74, 6) is -0.317. The first-order chi connectivity index (χ1) is 9.66. The maximum absolute atomic E-state index is 12.5. The van der Waals surface area contributed by atoms with E-state index in [1.807, 2.05) is 30.3 Å². The Hall–Kier alpha value is -1.88. The minimum atomic E-state index is -0.379. The van der Waals surface area contributed by atoms with Crippen molar-refractivity contribution < 1.29 is 9.59 Å². The molecule has 0 unspecified atom stereocenters. The van der Waals surface area contributed by atoms with Crippen LogP contribution in [0.3, 0.4) is 0 Å². The molecule has 5 nitrogen and oxygen atoms in total. The lowest BCUT2D eigenvalue weighted by atomic mass is 10.1. The molecule has 0 bridgehead atoms. The summed E-state index contributed by atoms with van der Waals surface area (Å²) in [6.45, 7) is 1.78. The number of nitrogens with zero attached hydrogens (tertiary/aromatic N) is 1. The molecule has 1 aliphatic rings. The van der Waals surface area contributed by atoms with E-state index in [4.69, 9.17) is 5.73 Å². The zero-order valence-electron chi connectivity index (χ0n) is 11.5. The number of hydrogen-bond acceptors (Lipinski definition) is 3. The third kappa shape index (κ3) is 4.06. The molecule has 2 amide bonds. The van der Waals surface area contributed by atoms with Crippen LogP contribution < -0.4 is 11.1 Å². The van der Waals surface area contributed by atoms with Gasteiger partial charge in [0.2, 0.25) is 11.8 Å². The van der Waals surface area contributed by atoms with Crippen LogP contribution in [0.1, 0.15) is 24.8 Å². The van der Waals surface area contributed by atoms with E-state index in [0.717, 1.165) is 24.9 Å². The van der Waals surface area contributed by atoms with Crippen LogP contribution in [0, 0.1) is 0 Å². The second kappa shape index (κ2) is 7.05. The smallest absolute Gasteiger partial charge is 0.240 e. The summed E-state index contributed by atoms with van der Waals surface area (Å²) >= 11 is 0. The van der Waals surface area contributed by atoms with E-state index in [0.29, 0.717) is 13.1 Å². The minimum Gasteiger partial charge on any atom is -0.370 e. The zero-order valence-corrected chi connectivity index (χ0v) is 11.5. The van der Waals surface area contributed by atoms with Gasteiger partial charge in [0.15, 0.2) is 0 Å². The van der Waals surface area contributed by atoms with Crippen LogP contribution in [0.25, 0.3) is 0 Å². The standard InChI is InChI=1S/C15H21N3O2/c16-14(19)8-10-18(11-12-5-2-1-3-6-12)15(20)13-7-4-9-17-13/h1-3,5-6,13,17H,4,7-11H2,(H2,16,19)/t13-/m0/s1. The van der Waals surface area contributed by atoms with Crippen molar-refractivity contribution in [3.05, 3.63) is 35.9 Å². The van der Waals surface area contributed by atoms with Gasteiger partial charge in [-0.1, -0.05) is 30.3 Å². The normalized spacial score (nSPS) is 17.9. The summed E-state index contributed by atoms with van der Waals surface area (Å²) in [7, 11) is 0. The van der Waals surface area contributed by atoms with Crippen molar-refractivity contribution in [2.45, 2.75) is 31.8 Å². The highest BCUT2D eigenvalue weighted by Gasteiger charge is 2.26.